The van der Waals surface area contributed by atoms with Gasteiger partial charge >= 0.3 is 0 Å². The number of aryl methyl sites for hydroxylation is 1. The van der Waals surface area contributed by atoms with Gasteiger partial charge in [-0.1, -0.05) is 12.1 Å². The summed E-state index contributed by atoms with van der Waals surface area (Å²) in [5.74, 6) is 1.14. The lowest BCUT2D eigenvalue weighted by molar-refractivity contribution is -0.123. The molecule has 126 valence electrons. The van der Waals surface area contributed by atoms with Gasteiger partial charge in [-0.2, -0.15) is 5.26 Å². The van der Waals surface area contributed by atoms with Gasteiger partial charge < -0.3 is 14.6 Å². The van der Waals surface area contributed by atoms with Crippen LogP contribution < -0.4 is 10.1 Å². The highest BCUT2D eigenvalue weighted by atomic mass is 16.5. The van der Waals surface area contributed by atoms with E-state index in [4.69, 9.17) is 10.00 Å². The average Bonchev–Trinajstić information content (AvgIpc) is 3.02. The van der Waals surface area contributed by atoms with Crippen LogP contribution in [0.15, 0.2) is 48.5 Å². The first-order valence-electron chi connectivity index (χ1n) is 8.05. The standard InChI is InChI=1S/C19H18N4O2/c1-2-23-17-6-4-3-5-16(17)22-18(23)12-21-19(24)13-25-15-9-7-14(11-20)8-10-15/h3-10H,2,12-13H2,1H3,(H,21,24). The lowest BCUT2D eigenvalue weighted by atomic mass is 10.2. The van der Waals surface area contributed by atoms with Crippen LogP contribution >= 0.6 is 0 Å². The molecular weight excluding hydrogens is 316 g/mol. The highest BCUT2D eigenvalue weighted by Crippen LogP contribution is 2.16. The van der Waals surface area contributed by atoms with E-state index in [-0.39, 0.29) is 12.5 Å². The van der Waals surface area contributed by atoms with E-state index in [0.717, 1.165) is 23.4 Å². The molecule has 6 nitrogen and oxygen atoms in total. The Kier molecular flexibility index (Phi) is 4.95. The quantitative estimate of drug-likeness (QED) is 0.751. The highest BCUT2D eigenvalue weighted by Gasteiger charge is 2.10. The van der Waals surface area contributed by atoms with E-state index in [1.165, 1.54) is 0 Å². The van der Waals surface area contributed by atoms with Crippen molar-refractivity contribution in [2.45, 2.75) is 20.0 Å². The number of rotatable bonds is 6. The highest BCUT2D eigenvalue weighted by molar-refractivity contribution is 5.78. The molecule has 0 saturated heterocycles. The zero-order chi connectivity index (χ0) is 17.6. The molecule has 0 atom stereocenters. The summed E-state index contributed by atoms with van der Waals surface area (Å²) < 4.78 is 7.50. The first-order valence-corrected chi connectivity index (χ1v) is 8.05. The van der Waals surface area contributed by atoms with Crippen molar-refractivity contribution in [2.24, 2.45) is 0 Å². The van der Waals surface area contributed by atoms with E-state index >= 15 is 0 Å². The number of nitriles is 1. The number of nitrogens with zero attached hydrogens (tertiary/aromatic N) is 3. The molecule has 0 radical (unpaired) electrons. The fourth-order valence-corrected chi connectivity index (χ4v) is 2.62. The van der Waals surface area contributed by atoms with Crippen LogP contribution in [0.5, 0.6) is 5.75 Å². The molecule has 1 N–H and O–H groups in total. The van der Waals surface area contributed by atoms with Crippen molar-refractivity contribution in [3.63, 3.8) is 0 Å². The zero-order valence-electron chi connectivity index (χ0n) is 13.9. The number of hydrogen-bond acceptors (Lipinski definition) is 4. The molecule has 3 aromatic rings. The Bertz CT molecular complexity index is 923. The minimum absolute atomic E-state index is 0.0851. The van der Waals surface area contributed by atoms with Crippen molar-refractivity contribution in [1.82, 2.24) is 14.9 Å². The molecule has 1 heterocycles. The van der Waals surface area contributed by atoms with Gasteiger partial charge in [0, 0.05) is 6.54 Å². The second kappa shape index (κ2) is 7.49. The predicted molar refractivity (Wildman–Crippen MR) is 93.9 cm³/mol. The minimum Gasteiger partial charge on any atom is -0.484 e. The summed E-state index contributed by atoms with van der Waals surface area (Å²) in [6.07, 6.45) is 0. The Morgan fingerprint density at radius 1 is 1.24 bits per heavy atom. The van der Waals surface area contributed by atoms with Crippen molar-refractivity contribution in [1.29, 1.82) is 5.26 Å². The molecule has 6 heteroatoms. The zero-order valence-corrected chi connectivity index (χ0v) is 13.9. The number of para-hydroxylation sites is 2. The van der Waals surface area contributed by atoms with Gasteiger partial charge in [-0.05, 0) is 43.3 Å². The van der Waals surface area contributed by atoms with E-state index in [2.05, 4.69) is 14.9 Å². The number of benzene rings is 2. The van der Waals surface area contributed by atoms with Crippen LogP contribution in [-0.2, 0) is 17.9 Å². The summed E-state index contributed by atoms with van der Waals surface area (Å²) in [5.41, 5.74) is 2.53. The Hall–Kier alpha value is -3.33. The van der Waals surface area contributed by atoms with Crippen LogP contribution in [0.2, 0.25) is 0 Å². The molecule has 2 aromatic carbocycles. The van der Waals surface area contributed by atoms with Crippen LogP contribution in [0.4, 0.5) is 0 Å². The second-order valence-electron chi connectivity index (χ2n) is 5.46. The molecule has 0 aliphatic carbocycles. The number of ether oxygens (including phenoxy) is 1. The Morgan fingerprint density at radius 3 is 2.72 bits per heavy atom. The third kappa shape index (κ3) is 3.78. The minimum atomic E-state index is -0.223. The third-order valence-electron chi connectivity index (χ3n) is 3.85. The van der Waals surface area contributed by atoms with E-state index in [0.29, 0.717) is 17.9 Å². The van der Waals surface area contributed by atoms with Crippen LogP contribution in [0.25, 0.3) is 11.0 Å². The number of fused-ring (bicyclic) bond motifs is 1. The van der Waals surface area contributed by atoms with Crippen LogP contribution in [-0.4, -0.2) is 22.1 Å². The van der Waals surface area contributed by atoms with Gasteiger partial charge in [0.25, 0.3) is 5.91 Å². The van der Waals surface area contributed by atoms with E-state index in [1.807, 2.05) is 37.3 Å². The predicted octanol–water partition coefficient (Wildman–Crippen LogP) is 2.62. The molecule has 0 bridgehead atoms. The second-order valence-corrected chi connectivity index (χ2v) is 5.46. The first kappa shape index (κ1) is 16.5. The van der Waals surface area contributed by atoms with Crippen LogP contribution in [0.1, 0.15) is 18.3 Å². The SMILES string of the molecule is CCn1c(CNC(=O)COc2ccc(C#N)cc2)nc2ccccc21. The topological polar surface area (TPSA) is 79.9 Å². The molecular formula is C19H18N4O2. The Morgan fingerprint density at radius 2 is 2.00 bits per heavy atom. The largest absolute Gasteiger partial charge is 0.484 e. The maximum Gasteiger partial charge on any atom is 0.258 e. The van der Waals surface area contributed by atoms with Crippen LogP contribution in [0.3, 0.4) is 0 Å². The normalized spacial score (nSPS) is 10.4. The van der Waals surface area contributed by atoms with E-state index in [1.54, 1.807) is 24.3 Å². The van der Waals surface area contributed by atoms with Gasteiger partial charge in [0.1, 0.15) is 11.6 Å². The number of nitrogens with one attached hydrogen (secondary N) is 1. The molecule has 0 unspecified atom stereocenters. The fraction of sp³-hybridized carbons (Fsp3) is 0.211. The summed E-state index contributed by atoms with van der Waals surface area (Å²) >= 11 is 0. The monoisotopic (exact) mass is 334 g/mol. The maximum absolute atomic E-state index is 12.0. The molecule has 1 aromatic heterocycles. The molecule has 0 aliphatic heterocycles. The summed E-state index contributed by atoms with van der Waals surface area (Å²) in [6, 6.07) is 16.6. The van der Waals surface area contributed by atoms with Crippen molar-refractivity contribution in [2.75, 3.05) is 6.61 Å². The van der Waals surface area contributed by atoms with Crippen molar-refractivity contribution >= 4 is 16.9 Å². The number of hydrogen-bond donors (Lipinski definition) is 1. The van der Waals surface area contributed by atoms with E-state index < -0.39 is 0 Å². The Labute approximate surface area is 145 Å². The lowest BCUT2D eigenvalue weighted by Gasteiger charge is -2.09. The Balaban J connectivity index is 1.58. The van der Waals surface area contributed by atoms with Gasteiger partial charge in [-0.15, -0.1) is 0 Å². The smallest absolute Gasteiger partial charge is 0.258 e. The number of amides is 1. The number of carbonyl (C=O) groups excluding carboxylic acids is 1. The van der Waals surface area contributed by atoms with Crippen molar-refractivity contribution < 1.29 is 9.53 Å². The van der Waals surface area contributed by atoms with Gasteiger partial charge in [0.2, 0.25) is 0 Å². The van der Waals surface area contributed by atoms with Gasteiger partial charge in [0.15, 0.2) is 6.61 Å². The summed E-state index contributed by atoms with van der Waals surface area (Å²) in [5, 5.41) is 11.6. The van der Waals surface area contributed by atoms with Crippen molar-refractivity contribution in [3.05, 3.63) is 59.9 Å². The molecule has 0 fully saturated rings. The first-order chi connectivity index (χ1) is 12.2. The average molecular weight is 334 g/mol. The van der Waals surface area contributed by atoms with Crippen molar-refractivity contribution in [3.8, 4) is 11.8 Å². The van der Waals surface area contributed by atoms with Gasteiger partial charge in [-0.25, -0.2) is 4.98 Å². The fourth-order valence-electron chi connectivity index (χ4n) is 2.62. The number of imidazole rings is 1. The lowest BCUT2D eigenvalue weighted by Crippen LogP contribution is -2.29. The summed E-state index contributed by atoms with van der Waals surface area (Å²) in [4.78, 5) is 16.6. The molecule has 1 amide bonds. The number of aromatic nitrogens is 2. The summed E-state index contributed by atoms with van der Waals surface area (Å²) in [6.45, 7) is 3.09. The van der Waals surface area contributed by atoms with Gasteiger partial charge in [-0.3, -0.25) is 4.79 Å². The molecule has 0 aliphatic rings. The third-order valence-corrected chi connectivity index (χ3v) is 3.85. The molecule has 0 spiro atoms. The summed E-state index contributed by atoms with van der Waals surface area (Å²) in [7, 11) is 0. The molecule has 0 saturated carbocycles. The van der Waals surface area contributed by atoms with E-state index in [9.17, 15) is 4.79 Å². The number of carbonyl (C=O) groups is 1. The molecule has 25 heavy (non-hydrogen) atoms. The molecule has 3 rings (SSSR count). The maximum atomic E-state index is 12.0. The van der Waals surface area contributed by atoms with Gasteiger partial charge in [0.05, 0.1) is 29.2 Å². The van der Waals surface area contributed by atoms with Crippen LogP contribution in [0, 0.1) is 11.3 Å².